The number of sulfone groups is 1. The number of carbonyl (C=O) groups excluding carboxylic acids is 4. The van der Waals surface area contributed by atoms with Crippen LogP contribution < -0.4 is 21.3 Å². The Balaban J connectivity index is 1.08. The second-order valence-electron chi connectivity index (χ2n) is 12.4. The summed E-state index contributed by atoms with van der Waals surface area (Å²) in [5.41, 5.74) is 3.99. The molecule has 1 aliphatic heterocycles. The van der Waals surface area contributed by atoms with Crippen molar-refractivity contribution in [2.45, 2.75) is 9.79 Å². The lowest BCUT2D eigenvalue weighted by molar-refractivity contribution is -0.112. The van der Waals surface area contributed by atoms with Crippen LogP contribution in [-0.2, 0) is 19.4 Å². The molecule has 0 fully saturated rings. The Bertz CT molecular complexity index is 2460. The Kier molecular flexibility index (Phi) is 10.3. The molecular formula is C44H32N4O6S. The zero-order valence-electron chi connectivity index (χ0n) is 29.0. The maximum Gasteiger partial charge on any atom is 0.257 e. The van der Waals surface area contributed by atoms with Gasteiger partial charge in [-0.05, 0) is 83.9 Å². The van der Waals surface area contributed by atoms with Gasteiger partial charge in [-0.15, -0.1) is 0 Å². The van der Waals surface area contributed by atoms with E-state index in [1.165, 1.54) is 36.4 Å². The normalized spacial score (nSPS) is 12.4. The number of carbonyl (C=O) groups is 4. The van der Waals surface area contributed by atoms with E-state index in [0.29, 0.717) is 33.9 Å². The van der Waals surface area contributed by atoms with Gasteiger partial charge in [0.2, 0.25) is 21.7 Å². The summed E-state index contributed by atoms with van der Waals surface area (Å²) in [6, 6.07) is 40.7. The molecule has 6 aromatic carbocycles. The number of amides is 4. The molecule has 0 aromatic heterocycles. The van der Waals surface area contributed by atoms with Gasteiger partial charge in [0.25, 0.3) is 11.8 Å². The summed E-state index contributed by atoms with van der Waals surface area (Å²) in [4.78, 5) is 52.5. The van der Waals surface area contributed by atoms with Crippen molar-refractivity contribution in [1.29, 1.82) is 0 Å². The van der Waals surface area contributed by atoms with Crippen LogP contribution in [0.1, 0.15) is 31.8 Å². The zero-order valence-corrected chi connectivity index (χ0v) is 29.8. The van der Waals surface area contributed by atoms with E-state index in [2.05, 4.69) is 21.3 Å². The molecule has 10 nitrogen and oxygen atoms in total. The minimum Gasteiger partial charge on any atom is -0.322 e. The molecule has 0 saturated heterocycles. The van der Waals surface area contributed by atoms with E-state index in [-0.39, 0.29) is 20.9 Å². The fourth-order valence-electron chi connectivity index (χ4n) is 6.02. The molecule has 0 spiro atoms. The summed E-state index contributed by atoms with van der Waals surface area (Å²) in [7, 11) is -3.88. The Morgan fingerprint density at radius 3 is 1.24 bits per heavy atom. The molecular weight excluding hydrogens is 713 g/mol. The first-order valence-electron chi connectivity index (χ1n) is 17.1. The third kappa shape index (κ3) is 8.17. The molecule has 270 valence electrons. The van der Waals surface area contributed by atoms with Crippen LogP contribution in [-0.4, -0.2) is 32.0 Å². The van der Waals surface area contributed by atoms with Crippen molar-refractivity contribution in [2.24, 2.45) is 0 Å². The van der Waals surface area contributed by atoms with Gasteiger partial charge in [0.15, 0.2) is 0 Å². The number of para-hydroxylation sites is 2. The van der Waals surface area contributed by atoms with Gasteiger partial charge in [-0.3, -0.25) is 19.2 Å². The molecule has 0 bridgehead atoms. The van der Waals surface area contributed by atoms with E-state index in [9.17, 15) is 27.6 Å². The zero-order chi connectivity index (χ0) is 38.4. The van der Waals surface area contributed by atoms with Crippen molar-refractivity contribution in [2.75, 3.05) is 21.3 Å². The highest BCUT2D eigenvalue weighted by atomic mass is 32.2. The Morgan fingerprint density at radius 1 is 0.436 bits per heavy atom. The Morgan fingerprint density at radius 2 is 0.818 bits per heavy atom. The first-order valence-corrected chi connectivity index (χ1v) is 18.6. The quantitative estimate of drug-likeness (QED) is 0.104. The van der Waals surface area contributed by atoms with Crippen molar-refractivity contribution >= 4 is 68.4 Å². The summed E-state index contributed by atoms with van der Waals surface area (Å²) >= 11 is 0. The van der Waals surface area contributed by atoms with Crippen LogP contribution in [0.5, 0.6) is 0 Å². The van der Waals surface area contributed by atoms with Crippen LogP contribution in [0, 0.1) is 0 Å². The number of fused-ring (bicyclic) bond motifs is 3. The summed E-state index contributed by atoms with van der Waals surface area (Å²) in [6.07, 6.45) is 6.08. The molecule has 1 aliphatic rings. The van der Waals surface area contributed by atoms with Crippen molar-refractivity contribution in [3.05, 3.63) is 180 Å². The van der Waals surface area contributed by atoms with Crippen LogP contribution in [0.4, 0.5) is 22.7 Å². The van der Waals surface area contributed by atoms with Crippen LogP contribution in [0.15, 0.2) is 168 Å². The monoisotopic (exact) mass is 744 g/mol. The van der Waals surface area contributed by atoms with Gasteiger partial charge in [-0.25, -0.2) is 8.42 Å². The molecule has 0 radical (unpaired) electrons. The minimum atomic E-state index is -3.88. The van der Waals surface area contributed by atoms with Gasteiger partial charge in [0.1, 0.15) is 0 Å². The highest BCUT2D eigenvalue weighted by Gasteiger charge is 2.33. The molecule has 0 unspecified atom stereocenters. The number of nitrogens with one attached hydrogen (secondary N) is 4. The van der Waals surface area contributed by atoms with Crippen LogP contribution in [0.3, 0.4) is 0 Å². The number of benzene rings is 6. The average molecular weight is 745 g/mol. The Labute approximate surface area is 317 Å². The fraction of sp³-hybridized carbons (Fsp3) is 0. The second-order valence-corrected chi connectivity index (χ2v) is 14.3. The van der Waals surface area contributed by atoms with Crippen LogP contribution in [0.25, 0.3) is 23.3 Å². The van der Waals surface area contributed by atoms with Crippen molar-refractivity contribution in [3.8, 4) is 11.1 Å². The van der Waals surface area contributed by atoms with Gasteiger partial charge in [-0.1, -0.05) is 84.9 Å². The van der Waals surface area contributed by atoms with E-state index < -0.39 is 33.5 Å². The van der Waals surface area contributed by atoms with Gasteiger partial charge < -0.3 is 21.3 Å². The van der Waals surface area contributed by atoms with Crippen LogP contribution >= 0.6 is 0 Å². The largest absolute Gasteiger partial charge is 0.322 e. The van der Waals surface area contributed by atoms with Gasteiger partial charge >= 0.3 is 0 Å². The van der Waals surface area contributed by atoms with E-state index in [1.54, 1.807) is 72.8 Å². The van der Waals surface area contributed by atoms with Crippen molar-refractivity contribution in [1.82, 2.24) is 0 Å². The summed E-state index contributed by atoms with van der Waals surface area (Å²) in [6.45, 7) is 0. The third-order valence-electron chi connectivity index (χ3n) is 8.66. The first kappa shape index (κ1) is 36.0. The number of hydrogen-bond donors (Lipinski definition) is 4. The van der Waals surface area contributed by atoms with E-state index in [4.69, 9.17) is 0 Å². The summed E-state index contributed by atoms with van der Waals surface area (Å²) in [5.74, 6) is -1.89. The maximum atomic E-state index is 13.5. The lowest BCUT2D eigenvalue weighted by Gasteiger charge is -2.12. The summed E-state index contributed by atoms with van der Waals surface area (Å²) < 4.78 is 27.0. The second kappa shape index (κ2) is 15.7. The predicted octanol–water partition coefficient (Wildman–Crippen LogP) is 8.31. The van der Waals surface area contributed by atoms with Crippen molar-refractivity contribution < 1.29 is 27.6 Å². The van der Waals surface area contributed by atoms with E-state index in [1.807, 2.05) is 60.7 Å². The molecule has 4 amide bonds. The van der Waals surface area contributed by atoms with Crippen LogP contribution in [0.2, 0.25) is 0 Å². The fourth-order valence-corrected chi connectivity index (χ4v) is 7.67. The average Bonchev–Trinajstić information content (AvgIpc) is 3.42. The molecule has 6 aromatic rings. The molecule has 55 heavy (non-hydrogen) atoms. The topological polar surface area (TPSA) is 151 Å². The number of hydrogen-bond acceptors (Lipinski definition) is 6. The van der Waals surface area contributed by atoms with Crippen molar-refractivity contribution in [3.63, 3.8) is 0 Å². The maximum absolute atomic E-state index is 13.5. The first-order chi connectivity index (χ1) is 26.7. The molecule has 1 heterocycles. The molecule has 0 saturated carbocycles. The number of anilines is 4. The molecule has 0 atom stereocenters. The predicted molar refractivity (Wildman–Crippen MR) is 214 cm³/mol. The summed E-state index contributed by atoms with van der Waals surface area (Å²) in [5, 5.41) is 11.1. The van der Waals surface area contributed by atoms with E-state index in [0.717, 1.165) is 11.1 Å². The van der Waals surface area contributed by atoms with Gasteiger partial charge in [0.05, 0.1) is 32.3 Å². The lowest BCUT2D eigenvalue weighted by Crippen LogP contribution is -2.17. The highest BCUT2D eigenvalue weighted by molar-refractivity contribution is 7.92. The molecule has 7 rings (SSSR count). The van der Waals surface area contributed by atoms with Gasteiger partial charge in [-0.2, -0.15) is 0 Å². The SMILES string of the molecule is O=C(C=Cc1ccccc1)Nc1ccccc1C(=O)Nc1ccc2c(c1)-c1cc(NC(=O)c3ccccc3NC(=O)C=Cc3ccccc3)ccc1S2(=O)=O. The molecule has 4 N–H and O–H groups in total. The van der Waals surface area contributed by atoms with Gasteiger partial charge in [0, 0.05) is 34.7 Å². The Hall–Kier alpha value is -7.37. The van der Waals surface area contributed by atoms with E-state index >= 15 is 0 Å². The minimum absolute atomic E-state index is 0.0541. The lowest BCUT2D eigenvalue weighted by atomic mass is 10.0. The smallest absolute Gasteiger partial charge is 0.257 e. The third-order valence-corrected chi connectivity index (χ3v) is 10.5. The molecule has 0 aliphatic carbocycles. The molecule has 11 heteroatoms. The number of rotatable bonds is 10. The standard InChI is InChI=1S/C44H32N4O6S/c49-41(25-19-29-11-3-1-4-12-29)47-37-17-9-7-15-33(37)43(51)45-31-21-23-39-35(27-31)36-28-32(22-24-40(36)55(39,53)54)46-44(52)34-16-8-10-18-38(34)48-42(50)26-20-30-13-5-2-6-14-30/h1-28H,(H,45,51)(H,46,52)(H,47,49)(H,48,50). The highest BCUT2D eigenvalue weighted by Crippen LogP contribution is 2.45.